The number of rotatable bonds is 6. The van der Waals surface area contributed by atoms with Crippen molar-refractivity contribution in [1.29, 1.82) is 0 Å². The largest absolute Gasteiger partial charge is 0.491 e. The van der Waals surface area contributed by atoms with E-state index in [0.29, 0.717) is 13.2 Å². The van der Waals surface area contributed by atoms with Crippen LogP contribution in [-0.2, 0) is 4.74 Å². The van der Waals surface area contributed by atoms with Crippen LogP contribution in [0.2, 0.25) is 0 Å². The third-order valence-electron chi connectivity index (χ3n) is 3.04. The van der Waals surface area contributed by atoms with Crippen LogP contribution in [-0.4, -0.2) is 26.1 Å². The zero-order chi connectivity index (χ0) is 14.4. The van der Waals surface area contributed by atoms with Gasteiger partial charge in [-0.05, 0) is 30.2 Å². The second kappa shape index (κ2) is 6.87. The van der Waals surface area contributed by atoms with Crippen LogP contribution in [0.5, 0.6) is 5.75 Å². The third kappa shape index (κ3) is 3.68. The Morgan fingerprint density at radius 1 is 0.900 bits per heavy atom. The molecule has 0 aliphatic heterocycles. The zero-order valence-corrected chi connectivity index (χ0v) is 11.8. The van der Waals surface area contributed by atoms with Crippen molar-refractivity contribution in [1.82, 2.24) is 0 Å². The molecule has 0 fully saturated rings. The first-order valence-corrected chi connectivity index (χ1v) is 6.54. The van der Waals surface area contributed by atoms with Gasteiger partial charge >= 0.3 is 0 Å². The van der Waals surface area contributed by atoms with Gasteiger partial charge in [-0.25, -0.2) is 0 Å². The Kier molecular flexibility index (Phi) is 4.91. The van der Waals surface area contributed by atoms with E-state index in [0.717, 1.165) is 22.4 Å². The number of hydrogen-bond donors (Lipinski definition) is 0. The van der Waals surface area contributed by atoms with Crippen molar-refractivity contribution in [2.45, 2.75) is 6.92 Å². The number of carbonyl (C=O) groups excluding carboxylic acids is 1. The first kappa shape index (κ1) is 14.3. The van der Waals surface area contributed by atoms with Gasteiger partial charge in [0.05, 0.1) is 6.61 Å². The standard InChI is InChI=1S/C17H18O3/c1-13(18)14-3-5-15(6-4-14)16-7-9-17(10-8-16)20-12-11-19-2/h3-10H,11-12H2,1-2H3. The summed E-state index contributed by atoms with van der Waals surface area (Å²) in [6, 6.07) is 15.5. The predicted molar refractivity (Wildman–Crippen MR) is 79.3 cm³/mol. The zero-order valence-electron chi connectivity index (χ0n) is 11.8. The molecule has 0 saturated carbocycles. The molecule has 0 N–H and O–H groups in total. The van der Waals surface area contributed by atoms with E-state index in [-0.39, 0.29) is 5.78 Å². The number of carbonyl (C=O) groups is 1. The Morgan fingerprint density at radius 2 is 1.45 bits per heavy atom. The fourth-order valence-electron chi connectivity index (χ4n) is 1.88. The van der Waals surface area contributed by atoms with Gasteiger partial charge in [-0.2, -0.15) is 0 Å². The molecule has 0 atom stereocenters. The summed E-state index contributed by atoms with van der Waals surface area (Å²) in [4.78, 5) is 11.2. The van der Waals surface area contributed by atoms with E-state index in [9.17, 15) is 4.79 Å². The molecule has 0 heterocycles. The summed E-state index contributed by atoms with van der Waals surface area (Å²) < 4.78 is 10.5. The van der Waals surface area contributed by atoms with E-state index >= 15 is 0 Å². The maximum atomic E-state index is 11.2. The van der Waals surface area contributed by atoms with E-state index < -0.39 is 0 Å². The van der Waals surface area contributed by atoms with Gasteiger partial charge in [0, 0.05) is 12.7 Å². The molecule has 0 unspecified atom stereocenters. The lowest BCUT2D eigenvalue weighted by Gasteiger charge is -2.07. The molecule has 0 bridgehead atoms. The molecule has 0 aromatic heterocycles. The Hall–Kier alpha value is -2.13. The Morgan fingerprint density at radius 3 is 1.95 bits per heavy atom. The minimum atomic E-state index is 0.0819. The average molecular weight is 270 g/mol. The number of benzene rings is 2. The molecule has 0 saturated heterocycles. The maximum Gasteiger partial charge on any atom is 0.159 e. The lowest BCUT2D eigenvalue weighted by molar-refractivity contribution is 0.101. The second-order valence-corrected chi connectivity index (χ2v) is 4.50. The number of hydrogen-bond acceptors (Lipinski definition) is 3. The van der Waals surface area contributed by atoms with Crippen LogP contribution in [0.15, 0.2) is 48.5 Å². The van der Waals surface area contributed by atoms with Crippen LogP contribution in [0.25, 0.3) is 11.1 Å². The van der Waals surface area contributed by atoms with Gasteiger partial charge in [0.25, 0.3) is 0 Å². The summed E-state index contributed by atoms with van der Waals surface area (Å²) in [6.07, 6.45) is 0. The van der Waals surface area contributed by atoms with Crippen molar-refractivity contribution in [2.24, 2.45) is 0 Å². The van der Waals surface area contributed by atoms with Crippen LogP contribution < -0.4 is 4.74 Å². The highest BCUT2D eigenvalue weighted by Gasteiger charge is 2.01. The quantitative estimate of drug-likeness (QED) is 0.594. The Balaban J connectivity index is 2.07. The SMILES string of the molecule is COCCOc1ccc(-c2ccc(C(C)=O)cc2)cc1. The van der Waals surface area contributed by atoms with E-state index in [1.807, 2.05) is 48.5 Å². The molecular weight excluding hydrogens is 252 g/mol. The number of ketones is 1. The summed E-state index contributed by atoms with van der Waals surface area (Å²) in [5.41, 5.74) is 2.91. The second-order valence-electron chi connectivity index (χ2n) is 4.50. The predicted octanol–water partition coefficient (Wildman–Crippen LogP) is 3.58. The van der Waals surface area contributed by atoms with E-state index in [1.54, 1.807) is 14.0 Å². The van der Waals surface area contributed by atoms with Gasteiger partial charge in [0.1, 0.15) is 12.4 Å². The highest BCUT2D eigenvalue weighted by molar-refractivity contribution is 5.94. The van der Waals surface area contributed by atoms with Crippen molar-refractivity contribution >= 4 is 5.78 Å². The van der Waals surface area contributed by atoms with Crippen LogP contribution in [0.3, 0.4) is 0 Å². The van der Waals surface area contributed by atoms with Crippen LogP contribution in [0, 0.1) is 0 Å². The van der Waals surface area contributed by atoms with Gasteiger partial charge in [0.15, 0.2) is 5.78 Å². The minimum Gasteiger partial charge on any atom is -0.491 e. The van der Waals surface area contributed by atoms with E-state index in [2.05, 4.69) is 0 Å². The van der Waals surface area contributed by atoms with E-state index in [1.165, 1.54) is 0 Å². The number of methoxy groups -OCH3 is 1. The topological polar surface area (TPSA) is 35.5 Å². The molecule has 0 radical (unpaired) electrons. The van der Waals surface area contributed by atoms with Crippen molar-refractivity contribution in [2.75, 3.05) is 20.3 Å². The highest BCUT2D eigenvalue weighted by atomic mass is 16.5. The van der Waals surface area contributed by atoms with Crippen LogP contribution in [0.1, 0.15) is 17.3 Å². The summed E-state index contributed by atoms with van der Waals surface area (Å²) in [7, 11) is 1.65. The summed E-state index contributed by atoms with van der Waals surface area (Å²) >= 11 is 0. The average Bonchev–Trinajstić information content (AvgIpc) is 2.48. The Bertz CT molecular complexity index is 556. The van der Waals surface area contributed by atoms with Crippen LogP contribution in [0.4, 0.5) is 0 Å². The molecule has 0 aliphatic carbocycles. The lowest BCUT2D eigenvalue weighted by atomic mass is 10.0. The number of ether oxygens (including phenoxy) is 2. The van der Waals surface area contributed by atoms with Crippen LogP contribution >= 0.6 is 0 Å². The summed E-state index contributed by atoms with van der Waals surface area (Å²) in [5, 5.41) is 0. The fraction of sp³-hybridized carbons (Fsp3) is 0.235. The number of Topliss-reactive ketones (excluding diaryl/α,β-unsaturated/α-hetero) is 1. The molecular formula is C17H18O3. The monoisotopic (exact) mass is 270 g/mol. The van der Waals surface area contributed by atoms with E-state index in [4.69, 9.17) is 9.47 Å². The smallest absolute Gasteiger partial charge is 0.159 e. The lowest BCUT2D eigenvalue weighted by Crippen LogP contribution is -2.03. The molecule has 0 amide bonds. The van der Waals surface area contributed by atoms with Crippen molar-refractivity contribution in [3.8, 4) is 16.9 Å². The molecule has 3 heteroatoms. The fourth-order valence-corrected chi connectivity index (χ4v) is 1.88. The first-order valence-electron chi connectivity index (χ1n) is 6.54. The first-order chi connectivity index (χ1) is 9.70. The molecule has 0 spiro atoms. The molecule has 2 rings (SSSR count). The third-order valence-corrected chi connectivity index (χ3v) is 3.04. The normalized spacial score (nSPS) is 10.3. The van der Waals surface area contributed by atoms with Crippen molar-refractivity contribution in [3.63, 3.8) is 0 Å². The van der Waals surface area contributed by atoms with Gasteiger partial charge in [-0.1, -0.05) is 36.4 Å². The molecule has 2 aromatic carbocycles. The Labute approximate surface area is 119 Å². The van der Waals surface area contributed by atoms with Gasteiger partial charge in [-0.15, -0.1) is 0 Å². The van der Waals surface area contributed by atoms with Gasteiger partial charge in [-0.3, -0.25) is 4.79 Å². The highest BCUT2D eigenvalue weighted by Crippen LogP contribution is 2.23. The van der Waals surface area contributed by atoms with Gasteiger partial charge < -0.3 is 9.47 Å². The molecule has 2 aromatic rings. The van der Waals surface area contributed by atoms with Gasteiger partial charge in [0.2, 0.25) is 0 Å². The summed E-state index contributed by atoms with van der Waals surface area (Å²) in [5.74, 6) is 0.907. The minimum absolute atomic E-state index is 0.0819. The molecule has 104 valence electrons. The maximum absolute atomic E-state index is 11.2. The van der Waals surface area contributed by atoms with Crippen molar-refractivity contribution in [3.05, 3.63) is 54.1 Å². The molecule has 3 nitrogen and oxygen atoms in total. The summed E-state index contributed by atoms with van der Waals surface area (Å²) in [6.45, 7) is 2.69. The molecule has 20 heavy (non-hydrogen) atoms. The van der Waals surface area contributed by atoms with Crippen molar-refractivity contribution < 1.29 is 14.3 Å². The molecule has 0 aliphatic rings.